The quantitative estimate of drug-likeness (QED) is 0.920. The van der Waals surface area contributed by atoms with Crippen LogP contribution < -0.4 is 10.6 Å². The Labute approximate surface area is 116 Å². The van der Waals surface area contributed by atoms with E-state index in [1.54, 1.807) is 17.7 Å². The average molecular weight is 278 g/mol. The Kier molecular flexibility index (Phi) is 3.63. The molecule has 2 N–H and O–H groups in total. The first-order chi connectivity index (χ1) is 9.31. The number of hydrogen-bond donors (Lipinski definition) is 1. The van der Waals surface area contributed by atoms with Crippen LogP contribution in [0.15, 0.2) is 12.4 Å². The van der Waals surface area contributed by atoms with Crippen molar-refractivity contribution in [2.75, 3.05) is 31.1 Å². The Morgan fingerprint density at radius 1 is 1.53 bits per heavy atom. The Hall–Kier alpha value is -1.24. The van der Waals surface area contributed by atoms with Gasteiger partial charge < -0.3 is 15.4 Å². The molecule has 3 heterocycles. The van der Waals surface area contributed by atoms with Crippen molar-refractivity contribution < 1.29 is 4.74 Å². The van der Waals surface area contributed by atoms with Crippen molar-refractivity contribution in [3.05, 3.63) is 17.3 Å². The number of anilines is 1. The molecule has 1 atom stereocenters. The third kappa shape index (κ3) is 2.43. The second kappa shape index (κ2) is 5.40. The highest BCUT2D eigenvalue weighted by molar-refractivity contribution is 7.18. The fourth-order valence-electron chi connectivity index (χ4n) is 2.37. The van der Waals surface area contributed by atoms with Crippen molar-refractivity contribution in [1.29, 1.82) is 0 Å². The van der Waals surface area contributed by atoms with Crippen molar-refractivity contribution >= 4 is 27.4 Å². The van der Waals surface area contributed by atoms with E-state index in [-0.39, 0.29) is 6.10 Å². The number of rotatable bonds is 3. The first-order valence-corrected chi connectivity index (χ1v) is 7.43. The molecule has 2 aromatic heterocycles. The maximum Gasteiger partial charge on any atom is 0.140 e. The van der Waals surface area contributed by atoms with Crippen molar-refractivity contribution in [2.45, 2.75) is 19.4 Å². The third-order valence-electron chi connectivity index (χ3n) is 3.41. The number of aryl methyl sites for hydroxylation is 1. The van der Waals surface area contributed by atoms with Gasteiger partial charge in [0.2, 0.25) is 0 Å². The molecular formula is C13H18N4OS. The van der Waals surface area contributed by atoms with E-state index in [1.165, 1.54) is 4.88 Å². The van der Waals surface area contributed by atoms with Crippen LogP contribution in [0.2, 0.25) is 0 Å². The topological polar surface area (TPSA) is 64.3 Å². The van der Waals surface area contributed by atoms with Crippen molar-refractivity contribution in [3.63, 3.8) is 0 Å². The van der Waals surface area contributed by atoms with Crippen LogP contribution in [0, 0.1) is 0 Å². The minimum atomic E-state index is 0.100. The van der Waals surface area contributed by atoms with Crippen molar-refractivity contribution in [1.82, 2.24) is 9.97 Å². The zero-order valence-electron chi connectivity index (χ0n) is 11.0. The highest BCUT2D eigenvalue weighted by Gasteiger charge is 2.22. The van der Waals surface area contributed by atoms with Gasteiger partial charge in [0.15, 0.2) is 0 Å². The van der Waals surface area contributed by atoms with Gasteiger partial charge in [0.25, 0.3) is 0 Å². The van der Waals surface area contributed by atoms with Gasteiger partial charge in [-0.25, -0.2) is 9.97 Å². The average Bonchev–Trinajstić information content (AvgIpc) is 2.90. The standard InChI is InChI=1S/C13H18N4OS/c1-2-10-5-11-12(15-8-16-13(11)19-10)17-3-4-18-9(6-14)7-17/h5,8-9H,2-4,6-7,14H2,1H3/t9-/m1/s1. The number of nitrogens with zero attached hydrogens (tertiary/aromatic N) is 3. The van der Waals surface area contributed by atoms with E-state index >= 15 is 0 Å². The molecule has 102 valence electrons. The SMILES string of the molecule is CCc1cc2c(N3CCO[C@H](CN)C3)ncnc2s1. The molecule has 5 nitrogen and oxygen atoms in total. The van der Waals surface area contributed by atoms with Gasteiger partial charge in [-0.1, -0.05) is 6.92 Å². The molecule has 2 aromatic rings. The summed E-state index contributed by atoms with van der Waals surface area (Å²) in [4.78, 5) is 13.5. The first kappa shape index (κ1) is 12.8. The number of aromatic nitrogens is 2. The second-order valence-corrected chi connectivity index (χ2v) is 5.77. The van der Waals surface area contributed by atoms with Gasteiger partial charge in [-0.2, -0.15) is 0 Å². The lowest BCUT2D eigenvalue weighted by atomic mass is 10.2. The van der Waals surface area contributed by atoms with E-state index in [0.717, 1.165) is 35.5 Å². The van der Waals surface area contributed by atoms with Crippen LogP contribution in [-0.2, 0) is 11.2 Å². The van der Waals surface area contributed by atoms with Gasteiger partial charge in [-0.15, -0.1) is 11.3 Å². The van der Waals surface area contributed by atoms with Gasteiger partial charge >= 0.3 is 0 Å². The Morgan fingerprint density at radius 3 is 3.21 bits per heavy atom. The smallest absolute Gasteiger partial charge is 0.140 e. The lowest BCUT2D eigenvalue weighted by Crippen LogP contribution is -2.46. The second-order valence-electron chi connectivity index (χ2n) is 4.66. The van der Waals surface area contributed by atoms with Gasteiger partial charge in [0, 0.05) is 24.5 Å². The number of ether oxygens (including phenoxy) is 1. The van der Waals surface area contributed by atoms with E-state index < -0.39 is 0 Å². The molecule has 1 saturated heterocycles. The highest BCUT2D eigenvalue weighted by atomic mass is 32.1. The van der Waals surface area contributed by atoms with Crippen LogP contribution >= 0.6 is 11.3 Å². The van der Waals surface area contributed by atoms with Crippen LogP contribution in [-0.4, -0.2) is 42.3 Å². The minimum Gasteiger partial charge on any atom is -0.373 e. The fourth-order valence-corrected chi connectivity index (χ4v) is 3.30. The normalized spacial score (nSPS) is 20.1. The third-order valence-corrected chi connectivity index (χ3v) is 4.60. The van der Waals surface area contributed by atoms with Crippen LogP contribution in [0.5, 0.6) is 0 Å². The van der Waals surface area contributed by atoms with Crippen LogP contribution in [0.25, 0.3) is 10.2 Å². The zero-order chi connectivity index (χ0) is 13.2. The first-order valence-electron chi connectivity index (χ1n) is 6.62. The number of nitrogens with two attached hydrogens (primary N) is 1. The lowest BCUT2D eigenvalue weighted by molar-refractivity contribution is 0.0464. The van der Waals surface area contributed by atoms with E-state index in [0.29, 0.717) is 13.2 Å². The molecule has 1 fully saturated rings. The highest BCUT2D eigenvalue weighted by Crippen LogP contribution is 2.31. The number of hydrogen-bond acceptors (Lipinski definition) is 6. The van der Waals surface area contributed by atoms with Crippen LogP contribution in [0.1, 0.15) is 11.8 Å². The molecule has 1 aliphatic heterocycles. The molecule has 3 rings (SSSR count). The Bertz CT molecular complexity index is 571. The van der Waals surface area contributed by atoms with Gasteiger partial charge in [-0.3, -0.25) is 0 Å². The predicted octanol–water partition coefficient (Wildman–Crippen LogP) is 1.42. The zero-order valence-corrected chi connectivity index (χ0v) is 11.8. The molecule has 0 aromatic carbocycles. The molecule has 0 spiro atoms. The number of morpholine rings is 1. The van der Waals surface area contributed by atoms with Crippen LogP contribution in [0.3, 0.4) is 0 Å². The van der Waals surface area contributed by atoms with E-state index in [9.17, 15) is 0 Å². The maximum atomic E-state index is 5.70. The lowest BCUT2D eigenvalue weighted by Gasteiger charge is -2.33. The summed E-state index contributed by atoms with van der Waals surface area (Å²) in [5.74, 6) is 1.02. The van der Waals surface area contributed by atoms with Gasteiger partial charge in [-0.05, 0) is 12.5 Å². The molecule has 0 saturated carbocycles. The van der Waals surface area contributed by atoms with E-state index in [1.807, 2.05) is 0 Å². The largest absolute Gasteiger partial charge is 0.373 e. The molecule has 0 aliphatic carbocycles. The summed E-state index contributed by atoms with van der Waals surface area (Å²) in [5, 5.41) is 1.15. The summed E-state index contributed by atoms with van der Waals surface area (Å²) in [5.41, 5.74) is 5.70. The Morgan fingerprint density at radius 2 is 2.42 bits per heavy atom. The summed E-state index contributed by atoms with van der Waals surface area (Å²) in [7, 11) is 0. The molecular weight excluding hydrogens is 260 g/mol. The van der Waals surface area contributed by atoms with E-state index in [2.05, 4.69) is 27.9 Å². The summed E-state index contributed by atoms with van der Waals surface area (Å²) in [6.07, 6.45) is 2.79. The summed E-state index contributed by atoms with van der Waals surface area (Å²) >= 11 is 1.75. The number of thiophene rings is 1. The van der Waals surface area contributed by atoms with E-state index in [4.69, 9.17) is 10.5 Å². The van der Waals surface area contributed by atoms with Gasteiger partial charge in [0.1, 0.15) is 17.0 Å². The molecule has 0 bridgehead atoms. The minimum absolute atomic E-state index is 0.100. The number of fused-ring (bicyclic) bond motifs is 1. The molecule has 19 heavy (non-hydrogen) atoms. The molecule has 1 aliphatic rings. The molecule has 0 radical (unpaired) electrons. The Balaban J connectivity index is 1.97. The fraction of sp³-hybridized carbons (Fsp3) is 0.538. The predicted molar refractivity (Wildman–Crippen MR) is 77.8 cm³/mol. The summed E-state index contributed by atoms with van der Waals surface area (Å²) in [6, 6.07) is 2.21. The molecule has 0 unspecified atom stereocenters. The van der Waals surface area contributed by atoms with Crippen molar-refractivity contribution in [2.24, 2.45) is 5.73 Å². The monoisotopic (exact) mass is 278 g/mol. The summed E-state index contributed by atoms with van der Waals surface area (Å²) in [6.45, 7) is 5.09. The van der Waals surface area contributed by atoms with Crippen LogP contribution in [0.4, 0.5) is 5.82 Å². The maximum absolute atomic E-state index is 5.70. The molecule has 0 amide bonds. The van der Waals surface area contributed by atoms with Gasteiger partial charge in [0.05, 0.1) is 18.1 Å². The molecule has 6 heteroatoms. The van der Waals surface area contributed by atoms with Crippen molar-refractivity contribution in [3.8, 4) is 0 Å². The summed E-state index contributed by atoms with van der Waals surface area (Å²) < 4.78 is 5.61.